The number of amides is 1. The fraction of sp³-hybridized carbons (Fsp3) is 0.818. The van der Waals surface area contributed by atoms with Crippen LogP contribution in [0, 0.1) is 0 Å². The Morgan fingerprint density at radius 3 is 2.94 bits per heavy atom. The second-order valence-corrected chi connectivity index (χ2v) is 4.17. The Labute approximate surface area is 101 Å². The lowest BCUT2D eigenvalue weighted by Gasteiger charge is -2.32. The fourth-order valence-corrected chi connectivity index (χ4v) is 1.89. The van der Waals surface area contributed by atoms with Gasteiger partial charge >= 0.3 is 5.97 Å². The summed E-state index contributed by atoms with van der Waals surface area (Å²) in [5.41, 5.74) is 0. The average molecular weight is 244 g/mol. The van der Waals surface area contributed by atoms with E-state index in [1.807, 2.05) is 0 Å². The highest BCUT2D eigenvalue weighted by atomic mass is 16.5. The number of nitrogens with one attached hydrogen (secondary N) is 1. The molecule has 1 saturated heterocycles. The van der Waals surface area contributed by atoms with Gasteiger partial charge in [-0.25, -0.2) is 0 Å². The summed E-state index contributed by atoms with van der Waals surface area (Å²) in [7, 11) is 1.62. The molecule has 98 valence electrons. The van der Waals surface area contributed by atoms with Gasteiger partial charge in [-0.2, -0.15) is 0 Å². The van der Waals surface area contributed by atoms with Crippen LogP contribution in [0.5, 0.6) is 0 Å². The molecule has 0 aromatic rings. The fourth-order valence-electron chi connectivity index (χ4n) is 1.89. The lowest BCUT2D eigenvalue weighted by Crippen LogP contribution is -2.43. The summed E-state index contributed by atoms with van der Waals surface area (Å²) >= 11 is 0. The quantitative estimate of drug-likeness (QED) is 0.670. The van der Waals surface area contributed by atoms with Crippen LogP contribution in [0.25, 0.3) is 0 Å². The van der Waals surface area contributed by atoms with E-state index in [2.05, 4.69) is 10.2 Å². The van der Waals surface area contributed by atoms with Gasteiger partial charge < -0.3 is 15.2 Å². The van der Waals surface area contributed by atoms with E-state index in [4.69, 9.17) is 9.84 Å². The number of aliphatic carboxylic acids is 1. The van der Waals surface area contributed by atoms with E-state index in [0.717, 1.165) is 19.5 Å². The molecule has 1 aliphatic heterocycles. The molecule has 0 saturated carbocycles. The molecule has 1 fully saturated rings. The zero-order chi connectivity index (χ0) is 12.7. The van der Waals surface area contributed by atoms with Crippen molar-refractivity contribution in [1.29, 1.82) is 0 Å². The number of hydrogen-bond donors (Lipinski definition) is 2. The summed E-state index contributed by atoms with van der Waals surface area (Å²) in [6.45, 7) is 2.83. The SMILES string of the molecule is CNC(=O)CCCN1CCOC(CC(=O)O)C1. The maximum absolute atomic E-state index is 11.0. The van der Waals surface area contributed by atoms with E-state index in [0.29, 0.717) is 19.6 Å². The van der Waals surface area contributed by atoms with Crippen LogP contribution in [-0.2, 0) is 14.3 Å². The first kappa shape index (κ1) is 13.9. The molecular weight excluding hydrogens is 224 g/mol. The monoisotopic (exact) mass is 244 g/mol. The number of ether oxygens (including phenoxy) is 1. The standard InChI is InChI=1S/C11H20N2O4/c1-12-10(14)3-2-4-13-5-6-17-9(8-13)7-11(15)16/h9H,2-8H2,1H3,(H,12,14)(H,15,16). The second kappa shape index (κ2) is 7.24. The van der Waals surface area contributed by atoms with Crippen LogP contribution in [-0.4, -0.2) is 61.3 Å². The summed E-state index contributed by atoms with van der Waals surface area (Å²) in [5, 5.41) is 11.3. The molecule has 0 aliphatic carbocycles. The predicted octanol–water partition coefficient (Wildman–Crippen LogP) is -0.312. The Hall–Kier alpha value is -1.14. The molecule has 1 aliphatic rings. The van der Waals surface area contributed by atoms with Crippen LogP contribution in [0.1, 0.15) is 19.3 Å². The van der Waals surface area contributed by atoms with Crippen molar-refractivity contribution < 1.29 is 19.4 Å². The highest BCUT2D eigenvalue weighted by Gasteiger charge is 2.22. The third-order valence-electron chi connectivity index (χ3n) is 2.78. The van der Waals surface area contributed by atoms with Gasteiger partial charge in [0.25, 0.3) is 0 Å². The van der Waals surface area contributed by atoms with Crippen LogP contribution in [0.4, 0.5) is 0 Å². The van der Waals surface area contributed by atoms with Crippen molar-refractivity contribution in [3.8, 4) is 0 Å². The minimum atomic E-state index is -0.831. The van der Waals surface area contributed by atoms with Gasteiger partial charge in [-0.1, -0.05) is 0 Å². The van der Waals surface area contributed by atoms with E-state index in [-0.39, 0.29) is 18.4 Å². The second-order valence-electron chi connectivity index (χ2n) is 4.17. The smallest absolute Gasteiger partial charge is 0.306 e. The van der Waals surface area contributed by atoms with E-state index in [1.54, 1.807) is 7.05 Å². The molecule has 1 atom stereocenters. The normalized spacial score (nSPS) is 21.1. The molecule has 6 nitrogen and oxygen atoms in total. The minimum absolute atomic E-state index is 0.0420. The molecule has 1 unspecified atom stereocenters. The molecule has 0 spiro atoms. The Bertz CT molecular complexity index is 270. The molecule has 2 N–H and O–H groups in total. The van der Waals surface area contributed by atoms with E-state index in [9.17, 15) is 9.59 Å². The van der Waals surface area contributed by atoms with Gasteiger partial charge in [-0.05, 0) is 13.0 Å². The van der Waals surface area contributed by atoms with Crippen molar-refractivity contribution in [3.63, 3.8) is 0 Å². The molecule has 1 amide bonds. The number of hydrogen-bond acceptors (Lipinski definition) is 4. The minimum Gasteiger partial charge on any atom is -0.481 e. The van der Waals surface area contributed by atoms with Crippen molar-refractivity contribution in [2.24, 2.45) is 0 Å². The van der Waals surface area contributed by atoms with E-state index >= 15 is 0 Å². The molecule has 1 rings (SSSR count). The molecule has 6 heteroatoms. The van der Waals surface area contributed by atoms with Gasteiger partial charge in [-0.15, -0.1) is 0 Å². The van der Waals surface area contributed by atoms with Crippen LogP contribution < -0.4 is 5.32 Å². The number of morpholine rings is 1. The number of carboxylic acid groups (broad SMARTS) is 1. The first-order valence-electron chi connectivity index (χ1n) is 5.88. The van der Waals surface area contributed by atoms with Gasteiger partial charge in [0, 0.05) is 26.6 Å². The van der Waals surface area contributed by atoms with Crippen LogP contribution >= 0.6 is 0 Å². The van der Waals surface area contributed by atoms with E-state index in [1.165, 1.54) is 0 Å². The molecule has 0 bridgehead atoms. The lowest BCUT2D eigenvalue weighted by molar-refractivity contribution is -0.142. The lowest BCUT2D eigenvalue weighted by atomic mass is 10.2. The summed E-state index contributed by atoms with van der Waals surface area (Å²) in [6, 6.07) is 0. The van der Waals surface area contributed by atoms with Crippen molar-refractivity contribution in [2.75, 3.05) is 33.3 Å². The average Bonchev–Trinajstić information content (AvgIpc) is 2.28. The molecule has 0 aromatic heterocycles. The van der Waals surface area contributed by atoms with Crippen molar-refractivity contribution >= 4 is 11.9 Å². The van der Waals surface area contributed by atoms with Gasteiger partial charge in [0.05, 0.1) is 19.1 Å². The topological polar surface area (TPSA) is 78.9 Å². The first-order valence-corrected chi connectivity index (χ1v) is 5.88. The van der Waals surface area contributed by atoms with E-state index < -0.39 is 5.97 Å². The highest BCUT2D eigenvalue weighted by molar-refractivity contribution is 5.75. The van der Waals surface area contributed by atoms with Gasteiger partial charge in [0.15, 0.2) is 0 Å². The maximum atomic E-state index is 11.0. The third kappa shape index (κ3) is 5.65. The summed E-state index contributed by atoms with van der Waals surface area (Å²) in [4.78, 5) is 23.7. The summed E-state index contributed by atoms with van der Waals surface area (Å²) < 4.78 is 5.37. The van der Waals surface area contributed by atoms with Crippen LogP contribution in [0.3, 0.4) is 0 Å². The van der Waals surface area contributed by atoms with Crippen LogP contribution in [0.15, 0.2) is 0 Å². The number of carboxylic acids is 1. The molecule has 0 radical (unpaired) electrons. The number of rotatable bonds is 6. The Morgan fingerprint density at radius 1 is 1.53 bits per heavy atom. The third-order valence-corrected chi connectivity index (χ3v) is 2.78. The van der Waals surface area contributed by atoms with Crippen molar-refractivity contribution in [2.45, 2.75) is 25.4 Å². The maximum Gasteiger partial charge on any atom is 0.306 e. The van der Waals surface area contributed by atoms with Crippen LogP contribution in [0.2, 0.25) is 0 Å². The molecule has 17 heavy (non-hydrogen) atoms. The zero-order valence-electron chi connectivity index (χ0n) is 10.1. The predicted molar refractivity (Wildman–Crippen MR) is 61.7 cm³/mol. The summed E-state index contributed by atoms with van der Waals surface area (Å²) in [5.74, 6) is -0.789. The molecule has 1 heterocycles. The Kier molecular flexibility index (Phi) is 5.93. The first-order chi connectivity index (χ1) is 8.11. The van der Waals surface area contributed by atoms with Gasteiger partial charge in [0.1, 0.15) is 0 Å². The van der Waals surface area contributed by atoms with Gasteiger partial charge in [-0.3, -0.25) is 14.5 Å². The largest absolute Gasteiger partial charge is 0.481 e. The molecule has 0 aromatic carbocycles. The van der Waals surface area contributed by atoms with Crippen molar-refractivity contribution in [3.05, 3.63) is 0 Å². The zero-order valence-corrected chi connectivity index (χ0v) is 10.1. The summed E-state index contributed by atoms with van der Waals surface area (Å²) in [6.07, 6.45) is 1.13. The Morgan fingerprint density at radius 2 is 2.29 bits per heavy atom. The number of nitrogens with zero attached hydrogens (tertiary/aromatic N) is 1. The molecular formula is C11H20N2O4. The highest BCUT2D eigenvalue weighted by Crippen LogP contribution is 2.09. The number of carbonyl (C=O) groups excluding carboxylic acids is 1. The van der Waals surface area contributed by atoms with Gasteiger partial charge in [0.2, 0.25) is 5.91 Å². The Balaban J connectivity index is 2.20. The van der Waals surface area contributed by atoms with Crippen molar-refractivity contribution in [1.82, 2.24) is 10.2 Å². The number of carbonyl (C=O) groups is 2.